The molecule has 5 heteroatoms. The van der Waals surface area contributed by atoms with E-state index in [2.05, 4.69) is 0 Å². The summed E-state index contributed by atoms with van der Waals surface area (Å²) < 4.78 is 0. The Labute approximate surface area is 100 Å². The van der Waals surface area contributed by atoms with Gasteiger partial charge in [-0.2, -0.15) is 0 Å². The van der Waals surface area contributed by atoms with Crippen molar-refractivity contribution < 1.29 is 14.7 Å². The zero-order chi connectivity index (χ0) is 12.9. The van der Waals surface area contributed by atoms with Crippen molar-refractivity contribution >= 4 is 0 Å². The maximum absolute atomic E-state index is 10.6. The summed E-state index contributed by atoms with van der Waals surface area (Å²) in [6.07, 6.45) is -0.689. The fourth-order valence-electron chi connectivity index (χ4n) is 1.20. The van der Waals surface area contributed by atoms with Gasteiger partial charge in [-0.15, -0.1) is 0 Å². The molecule has 0 spiro atoms. The van der Waals surface area contributed by atoms with Crippen LogP contribution < -0.4 is 0 Å². The highest BCUT2D eigenvalue weighted by Crippen LogP contribution is 2.20. The number of nitro groups is 1. The third-order valence-electron chi connectivity index (χ3n) is 1.90. The zero-order valence-corrected chi connectivity index (χ0v) is 10.3. The van der Waals surface area contributed by atoms with Crippen LogP contribution in [0.25, 0.3) is 0 Å². The quantitative estimate of drug-likeness (QED) is 0.450. The molecule has 1 rings (SSSR count). The Morgan fingerprint density at radius 2 is 1.88 bits per heavy atom. The van der Waals surface area contributed by atoms with Gasteiger partial charge >= 0.3 is 0 Å². The van der Waals surface area contributed by atoms with Crippen molar-refractivity contribution in [2.75, 3.05) is 6.54 Å². The summed E-state index contributed by atoms with van der Waals surface area (Å²) in [5, 5.41) is 10.6. The Morgan fingerprint density at radius 3 is 2.35 bits per heavy atom. The Hall–Kier alpha value is -1.46. The third kappa shape index (κ3) is 5.42. The number of hydrogen-bond donors (Lipinski definition) is 0. The van der Waals surface area contributed by atoms with Crippen LogP contribution in [0.5, 0.6) is 0 Å². The minimum Gasteiger partial charge on any atom is -0.264 e. The van der Waals surface area contributed by atoms with E-state index >= 15 is 0 Å². The minimum absolute atomic E-state index is 0.319. The Bertz CT molecular complexity index is 359. The number of hydrogen-bond acceptors (Lipinski definition) is 4. The van der Waals surface area contributed by atoms with Crippen molar-refractivity contribution in [2.24, 2.45) is 0 Å². The first-order valence-corrected chi connectivity index (χ1v) is 5.40. The van der Waals surface area contributed by atoms with Crippen LogP contribution in [0.15, 0.2) is 30.3 Å². The first-order chi connectivity index (χ1) is 7.88. The second-order valence-electron chi connectivity index (χ2n) is 4.71. The molecule has 0 bridgehead atoms. The predicted octanol–water partition coefficient (Wildman–Crippen LogP) is 2.75. The summed E-state index contributed by atoms with van der Waals surface area (Å²) in [7, 11) is 0. The smallest absolute Gasteiger partial charge is 0.237 e. The van der Waals surface area contributed by atoms with Crippen LogP contribution in [-0.2, 0) is 9.78 Å². The molecule has 0 amide bonds. The fourth-order valence-corrected chi connectivity index (χ4v) is 1.20. The van der Waals surface area contributed by atoms with Crippen molar-refractivity contribution in [3.63, 3.8) is 0 Å². The molecule has 0 aliphatic carbocycles. The van der Waals surface area contributed by atoms with Crippen LogP contribution >= 0.6 is 0 Å². The van der Waals surface area contributed by atoms with Crippen molar-refractivity contribution in [1.82, 2.24) is 0 Å². The van der Waals surface area contributed by atoms with Crippen LogP contribution in [0.1, 0.15) is 32.4 Å². The molecule has 0 aromatic heterocycles. The normalized spacial score (nSPS) is 13.4. The number of benzene rings is 1. The first kappa shape index (κ1) is 13.6. The third-order valence-corrected chi connectivity index (χ3v) is 1.90. The van der Waals surface area contributed by atoms with Gasteiger partial charge < -0.3 is 0 Å². The zero-order valence-electron chi connectivity index (χ0n) is 10.3. The predicted molar refractivity (Wildman–Crippen MR) is 63.0 cm³/mol. The summed E-state index contributed by atoms with van der Waals surface area (Å²) in [5.74, 6) is 0. The largest absolute Gasteiger partial charge is 0.264 e. The van der Waals surface area contributed by atoms with Gasteiger partial charge in [0.1, 0.15) is 0 Å². The summed E-state index contributed by atoms with van der Waals surface area (Å²) >= 11 is 0. The van der Waals surface area contributed by atoms with Crippen molar-refractivity contribution in [3.8, 4) is 0 Å². The van der Waals surface area contributed by atoms with Gasteiger partial charge in [-0.1, -0.05) is 30.3 Å². The van der Waals surface area contributed by atoms with Gasteiger partial charge in [0.05, 0.1) is 5.60 Å². The van der Waals surface area contributed by atoms with Gasteiger partial charge in [-0.25, -0.2) is 9.78 Å². The van der Waals surface area contributed by atoms with Crippen molar-refractivity contribution in [1.29, 1.82) is 0 Å². The molecule has 0 fully saturated rings. The van der Waals surface area contributed by atoms with Crippen LogP contribution in [0.4, 0.5) is 0 Å². The lowest BCUT2D eigenvalue weighted by molar-refractivity contribution is -0.513. The molecule has 1 aromatic carbocycles. The number of nitrogens with zero attached hydrogens (tertiary/aromatic N) is 1. The van der Waals surface area contributed by atoms with E-state index in [1.54, 1.807) is 12.1 Å². The Morgan fingerprint density at radius 1 is 1.29 bits per heavy atom. The second-order valence-corrected chi connectivity index (χ2v) is 4.71. The molecule has 17 heavy (non-hydrogen) atoms. The van der Waals surface area contributed by atoms with Crippen LogP contribution in [0.2, 0.25) is 0 Å². The first-order valence-electron chi connectivity index (χ1n) is 5.40. The average Bonchev–Trinajstić information content (AvgIpc) is 2.24. The Balaban J connectivity index is 2.71. The lowest BCUT2D eigenvalue weighted by atomic mass is 10.1. The van der Waals surface area contributed by atoms with Gasteiger partial charge in [0.2, 0.25) is 6.54 Å². The maximum Gasteiger partial charge on any atom is 0.237 e. The highest BCUT2D eigenvalue weighted by molar-refractivity contribution is 5.17. The van der Waals surface area contributed by atoms with Crippen molar-refractivity contribution in [2.45, 2.75) is 32.5 Å². The van der Waals surface area contributed by atoms with E-state index in [1.807, 2.05) is 39.0 Å². The number of rotatable bonds is 5. The lowest BCUT2D eigenvalue weighted by Gasteiger charge is -2.21. The molecule has 0 radical (unpaired) electrons. The summed E-state index contributed by atoms with van der Waals surface area (Å²) in [6.45, 7) is 5.14. The molecule has 1 atom stereocenters. The van der Waals surface area contributed by atoms with E-state index in [4.69, 9.17) is 9.78 Å². The lowest BCUT2D eigenvalue weighted by Crippen LogP contribution is -2.24. The highest BCUT2D eigenvalue weighted by Gasteiger charge is 2.22. The topological polar surface area (TPSA) is 61.6 Å². The molecule has 0 saturated carbocycles. The van der Waals surface area contributed by atoms with E-state index in [0.717, 1.165) is 5.56 Å². The van der Waals surface area contributed by atoms with Gasteiger partial charge in [0, 0.05) is 4.92 Å². The monoisotopic (exact) mass is 239 g/mol. The van der Waals surface area contributed by atoms with E-state index in [-0.39, 0.29) is 6.54 Å². The molecular weight excluding hydrogens is 222 g/mol. The molecule has 0 heterocycles. The van der Waals surface area contributed by atoms with Crippen LogP contribution in [0, 0.1) is 10.1 Å². The van der Waals surface area contributed by atoms with Crippen LogP contribution in [-0.4, -0.2) is 17.1 Å². The highest BCUT2D eigenvalue weighted by atomic mass is 17.2. The molecule has 1 unspecified atom stereocenters. The van der Waals surface area contributed by atoms with Gasteiger partial charge in [0.25, 0.3) is 0 Å². The van der Waals surface area contributed by atoms with Crippen LogP contribution in [0.3, 0.4) is 0 Å². The second kappa shape index (κ2) is 5.75. The molecule has 94 valence electrons. The van der Waals surface area contributed by atoms with Gasteiger partial charge in [-0.05, 0) is 26.3 Å². The molecule has 0 aliphatic rings. The minimum atomic E-state index is -0.689. The summed E-state index contributed by atoms with van der Waals surface area (Å²) in [5.41, 5.74) is 0.234. The summed E-state index contributed by atoms with van der Waals surface area (Å²) in [4.78, 5) is 20.5. The molecule has 1 aromatic rings. The molecule has 0 saturated heterocycles. The van der Waals surface area contributed by atoms with E-state index in [1.165, 1.54) is 0 Å². The average molecular weight is 239 g/mol. The fraction of sp³-hybridized carbons (Fsp3) is 0.500. The Kier molecular flexibility index (Phi) is 4.60. The standard InChI is InChI=1S/C12H17NO4/c1-12(2,3)17-16-11(9-13(14)15)10-7-5-4-6-8-10/h4-8,11H,9H2,1-3H3. The maximum atomic E-state index is 10.6. The molecular formula is C12H17NO4. The molecule has 5 nitrogen and oxygen atoms in total. The van der Waals surface area contributed by atoms with E-state index in [9.17, 15) is 10.1 Å². The van der Waals surface area contributed by atoms with E-state index < -0.39 is 16.6 Å². The van der Waals surface area contributed by atoms with Gasteiger partial charge in [-0.3, -0.25) is 10.1 Å². The summed E-state index contributed by atoms with van der Waals surface area (Å²) in [6, 6.07) is 9.02. The molecule has 0 aliphatic heterocycles. The molecule has 0 N–H and O–H groups in total. The van der Waals surface area contributed by atoms with Crippen molar-refractivity contribution in [3.05, 3.63) is 46.0 Å². The van der Waals surface area contributed by atoms with E-state index in [0.29, 0.717) is 0 Å². The van der Waals surface area contributed by atoms with Gasteiger partial charge in [0.15, 0.2) is 6.10 Å². The SMILES string of the molecule is CC(C)(C)OOC(C[N+](=O)[O-])c1ccccc1.